The van der Waals surface area contributed by atoms with E-state index in [2.05, 4.69) is 10.1 Å². The third kappa shape index (κ3) is 4.35. The van der Waals surface area contributed by atoms with Gasteiger partial charge in [-0.15, -0.1) is 12.4 Å². The first-order valence-corrected chi connectivity index (χ1v) is 6.83. The summed E-state index contributed by atoms with van der Waals surface area (Å²) in [7, 11) is 0. The van der Waals surface area contributed by atoms with E-state index in [0.717, 1.165) is 0 Å². The summed E-state index contributed by atoms with van der Waals surface area (Å²) in [6.07, 6.45) is 0.579. The summed E-state index contributed by atoms with van der Waals surface area (Å²) < 4.78 is 57.3. The molecule has 0 saturated carbocycles. The number of benzene rings is 1. The van der Waals surface area contributed by atoms with Crippen molar-refractivity contribution in [3.63, 3.8) is 0 Å². The monoisotopic (exact) mass is 370 g/mol. The number of amides is 1. The predicted octanol–water partition coefficient (Wildman–Crippen LogP) is 1.47. The minimum Gasteiger partial charge on any atom is -0.479 e. The molecule has 24 heavy (non-hydrogen) atoms. The van der Waals surface area contributed by atoms with Crippen molar-refractivity contribution in [2.75, 3.05) is 13.2 Å². The van der Waals surface area contributed by atoms with Gasteiger partial charge in [0.25, 0.3) is 0 Å². The third-order valence-electron chi connectivity index (χ3n) is 3.55. The number of nitrogens with one attached hydrogen (secondary N) is 1. The first kappa shape index (κ1) is 20.2. The highest BCUT2D eigenvalue weighted by atomic mass is 35.5. The van der Waals surface area contributed by atoms with Crippen LogP contribution in [0.3, 0.4) is 0 Å². The summed E-state index contributed by atoms with van der Waals surface area (Å²) >= 11 is 0. The van der Waals surface area contributed by atoms with Crippen molar-refractivity contribution in [2.45, 2.75) is 18.9 Å². The molecule has 1 amide bonds. The lowest BCUT2D eigenvalue weighted by Crippen LogP contribution is -2.37. The summed E-state index contributed by atoms with van der Waals surface area (Å²) in [4.78, 5) is 23.2. The molecule has 1 aliphatic heterocycles. The van der Waals surface area contributed by atoms with Gasteiger partial charge in [0, 0.05) is 18.5 Å². The molecule has 1 aromatic carbocycles. The van der Waals surface area contributed by atoms with Crippen molar-refractivity contribution in [3.8, 4) is 5.75 Å². The van der Waals surface area contributed by atoms with Gasteiger partial charge in [-0.3, -0.25) is 9.59 Å². The number of carbonyl (C=O) groups excluding carboxylic acids is 2. The van der Waals surface area contributed by atoms with Gasteiger partial charge in [0.15, 0.2) is 23.2 Å². The van der Waals surface area contributed by atoms with Crippen molar-refractivity contribution >= 4 is 24.1 Å². The smallest absolute Gasteiger partial charge is 0.223 e. The molecule has 0 aromatic heterocycles. The maximum Gasteiger partial charge on any atom is 0.223 e. The molecule has 1 saturated heterocycles. The first-order valence-electron chi connectivity index (χ1n) is 6.83. The molecule has 5 nitrogen and oxygen atoms in total. The van der Waals surface area contributed by atoms with Crippen LogP contribution in [0.15, 0.2) is 6.07 Å². The van der Waals surface area contributed by atoms with Crippen LogP contribution < -0.4 is 15.8 Å². The number of rotatable bonds is 6. The second-order valence-corrected chi connectivity index (χ2v) is 5.17. The van der Waals surface area contributed by atoms with Crippen LogP contribution in [-0.4, -0.2) is 30.9 Å². The zero-order valence-corrected chi connectivity index (χ0v) is 13.1. The zero-order valence-electron chi connectivity index (χ0n) is 12.3. The molecule has 134 valence electrons. The van der Waals surface area contributed by atoms with E-state index in [1.54, 1.807) is 0 Å². The Morgan fingerprint density at radius 2 is 1.88 bits per heavy atom. The largest absolute Gasteiger partial charge is 0.479 e. The Balaban J connectivity index is 0.00000288. The average molecular weight is 371 g/mol. The second-order valence-electron chi connectivity index (χ2n) is 5.17. The molecule has 0 bridgehead atoms. The maximum absolute atomic E-state index is 13.4. The summed E-state index contributed by atoms with van der Waals surface area (Å²) in [6, 6.07) is -1.06. The Labute approximate surface area is 140 Å². The number of hydrogen-bond acceptors (Lipinski definition) is 4. The zero-order chi connectivity index (χ0) is 17.1. The SMILES string of the molecule is Cl.N[C@@H](C[C@@H]1CCNC1=O)C(=O)COc1c(F)c(F)cc(F)c1F. The molecular weight excluding hydrogens is 356 g/mol. The van der Waals surface area contributed by atoms with Crippen LogP contribution in [0.5, 0.6) is 5.75 Å². The Hall–Kier alpha value is -1.87. The molecule has 0 radical (unpaired) electrons. The van der Waals surface area contributed by atoms with Gasteiger partial charge >= 0.3 is 0 Å². The topological polar surface area (TPSA) is 81.4 Å². The van der Waals surface area contributed by atoms with Crippen LogP contribution in [0, 0.1) is 29.2 Å². The third-order valence-corrected chi connectivity index (χ3v) is 3.55. The summed E-state index contributed by atoms with van der Waals surface area (Å²) in [5.41, 5.74) is 5.61. The van der Waals surface area contributed by atoms with E-state index in [-0.39, 0.29) is 30.8 Å². The molecule has 2 atom stereocenters. The normalized spacial score (nSPS) is 17.9. The van der Waals surface area contributed by atoms with Crippen LogP contribution in [0.2, 0.25) is 0 Å². The lowest BCUT2D eigenvalue weighted by molar-refractivity contribution is -0.124. The fourth-order valence-corrected chi connectivity index (χ4v) is 2.24. The fourth-order valence-electron chi connectivity index (χ4n) is 2.24. The van der Waals surface area contributed by atoms with Crippen LogP contribution >= 0.6 is 12.4 Å². The van der Waals surface area contributed by atoms with Gasteiger partial charge < -0.3 is 15.8 Å². The van der Waals surface area contributed by atoms with Gasteiger partial charge in [-0.2, -0.15) is 8.78 Å². The Bertz CT molecular complexity index is 619. The van der Waals surface area contributed by atoms with Gasteiger partial charge in [-0.05, 0) is 12.8 Å². The highest BCUT2D eigenvalue weighted by Gasteiger charge is 2.29. The van der Waals surface area contributed by atoms with Crippen LogP contribution in [0.4, 0.5) is 17.6 Å². The Morgan fingerprint density at radius 3 is 2.38 bits per heavy atom. The number of carbonyl (C=O) groups is 2. The molecular formula is C14H15ClF4N2O3. The van der Waals surface area contributed by atoms with Gasteiger partial charge in [0.05, 0.1) is 6.04 Å². The van der Waals surface area contributed by atoms with Crippen molar-refractivity contribution in [1.82, 2.24) is 5.32 Å². The van der Waals surface area contributed by atoms with E-state index in [1.165, 1.54) is 0 Å². The number of Topliss-reactive ketones (excluding diaryl/α,β-unsaturated/α-hetero) is 1. The Kier molecular flexibility index (Phi) is 6.97. The van der Waals surface area contributed by atoms with Gasteiger partial charge in [0.2, 0.25) is 17.5 Å². The number of nitrogens with two attached hydrogens (primary N) is 1. The lowest BCUT2D eigenvalue weighted by atomic mass is 9.97. The second kappa shape index (κ2) is 8.29. The van der Waals surface area contributed by atoms with E-state index in [0.29, 0.717) is 13.0 Å². The first-order chi connectivity index (χ1) is 10.8. The number of ether oxygens (including phenoxy) is 1. The number of ketones is 1. The molecule has 0 unspecified atom stereocenters. The molecule has 1 fully saturated rings. The van der Waals surface area contributed by atoms with Gasteiger partial charge in [-0.1, -0.05) is 0 Å². The van der Waals surface area contributed by atoms with E-state index in [1.807, 2.05) is 0 Å². The molecule has 10 heteroatoms. The van der Waals surface area contributed by atoms with Crippen LogP contribution in [0.1, 0.15) is 12.8 Å². The molecule has 0 aliphatic carbocycles. The number of halogens is 5. The van der Waals surface area contributed by atoms with Gasteiger partial charge in [0.1, 0.15) is 6.61 Å². The van der Waals surface area contributed by atoms with E-state index >= 15 is 0 Å². The molecule has 1 aliphatic rings. The minimum atomic E-state index is -1.74. The molecule has 1 heterocycles. The maximum atomic E-state index is 13.4. The fraction of sp³-hybridized carbons (Fsp3) is 0.429. The molecule has 3 N–H and O–H groups in total. The Morgan fingerprint density at radius 1 is 1.29 bits per heavy atom. The van der Waals surface area contributed by atoms with Crippen LogP contribution in [0.25, 0.3) is 0 Å². The van der Waals surface area contributed by atoms with Gasteiger partial charge in [-0.25, -0.2) is 8.78 Å². The van der Waals surface area contributed by atoms with Crippen molar-refractivity contribution in [3.05, 3.63) is 29.3 Å². The summed E-state index contributed by atoms with van der Waals surface area (Å²) in [5.74, 6) is -9.46. The quantitative estimate of drug-likeness (QED) is 0.587. The van der Waals surface area contributed by atoms with Crippen LogP contribution in [-0.2, 0) is 9.59 Å². The molecule has 1 aromatic rings. The van der Waals surface area contributed by atoms with Crippen molar-refractivity contribution in [2.24, 2.45) is 11.7 Å². The standard InChI is InChI=1S/C14H14F4N2O3.ClH/c15-7-4-8(16)12(18)13(11(7)17)23-5-10(21)9(19)3-6-1-2-20-14(6)22;/h4,6,9H,1-3,5,19H2,(H,20,22);1H/t6-,9-;/m0./s1. The van der Waals surface area contributed by atoms with E-state index in [4.69, 9.17) is 5.73 Å². The molecule has 0 spiro atoms. The highest BCUT2D eigenvalue weighted by molar-refractivity contribution is 5.87. The minimum absolute atomic E-state index is 0. The average Bonchev–Trinajstić information content (AvgIpc) is 2.90. The molecule has 2 rings (SSSR count). The lowest BCUT2D eigenvalue weighted by Gasteiger charge is -2.15. The van der Waals surface area contributed by atoms with E-state index in [9.17, 15) is 27.2 Å². The predicted molar refractivity (Wildman–Crippen MR) is 77.7 cm³/mol. The van der Waals surface area contributed by atoms with Crippen molar-refractivity contribution < 1.29 is 31.9 Å². The highest BCUT2D eigenvalue weighted by Crippen LogP contribution is 2.26. The van der Waals surface area contributed by atoms with E-state index < -0.39 is 53.4 Å². The number of hydrogen-bond donors (Lipinski definition) is 2. The van der Waals surface area contributed by atoms with Crippen molar-refractivity contribution in [1.29, 1.82) is 0 Å². The summed E-state index contributed by atoms with van der Waals surface area (Å²) in [5, 5.41) is 2.58. The summed E-state index contributed by atoms with van der Waals surface area (Å²) in [6.45, 7) is -0.383.